The summed E-state index contributed by atoms with van der Waals surface area (Å²) in [4.78, 5) is 0. The predicted octanol–water partition coefficient (Wildman–Crippen LogP) is 8.11. The Balaban J connectivity index is 1.34. The van der Waals surface area contributed by atoms with E-state index in [-0.39, 0.29) is 5.41 Å². The van der Waals surface area contributed by atoms with Crippen LogP contribution in [-0.2, 0) is 5.41 Å². The van der Waals surface area contributed by atoms with Gasteiger partial charge in [-0.15, -0.1) is 0 Å². The van der Waals surface area contributed by atoms with E-state index >= 15 is 0 Å². The van der Waals surface area contributed by atoms with Crippen LogP contribution >= 0.6 is 0 Å². The van der Waals surface area contributed by atoms with Gasteiger partial charge >= 0.3 is 0 Å². The van der Waals surface area contributed by atoms with Crippen molar-refractivity contribution < 1.29 is 0 Å². The zero-order chi connectivity index (χ0) is 25.0. The van der Waals surface area contributed by atoms with Crippen LogP contribution in [0.2, 0.25) is 6.82 Å². The summed E-state index contributed by atoms with van der Waals surface area (Å²) >= 11 is 0. The van der Waals surface area contributed by atoms with Crippen molar-refractivity contribution in [3.05, 3.63) is 112 Å². The van der Waals surface area contributed by atoms with E-state index in [9.17, 15) is 0 Å². The van der Waals surface area contributed by atoms with E-state index < -0.39 is 0 Å². The van der Waals surface area contributed by atoms with Gasteiger partial charge < -0.3 is 0 Å². The maximum absolute atomic E-state index is 2.76. The third-order valence-electron chi connectivity index (χ3n) is 12.4. The molecule has 6 aliphatic rings. The second kappa shape index (κ2) is 6.56. The highest BCUT2D eigenvalue weighted by Gasteiger charge is 2.66. The van der Waals surface area contributed by atoms with Crippen LogP contribution in [0, 0.1) is 24.2 Å². The fourth-order valence-corrected chi connectivity index (χ4v) is 10.9. The van der Waals surface area contributed by atoms with Crippen LogP contribution in [0.25, 0.3) is 22.3 Å². The standard InChI is InChI=1S/C37H32B/c1-20-7-9-28-31-16-29-21-12-23-14-24-13-22(19-36(23,24)18-21)30(29)17-35(31)37(33(28)11-20)32-6-4-3-5-26(32)27-10-8-25(38-2)15-34(27)37/h3-11,15-17,21-24H,12-14,18-19H2,1-2H3. The number of benzene rings is 4. The summed E-state index contributed by atoms with van der Waals surface area (Å²) in [5.41, 5.74) is 18.5. The molecule has 6 atom stereocenters. The summed E-state index contributed by atoms with van der Waals surface area (Å²) in [7, 11) is 2.27. The van der Waals surface area contributed by atoms with E-state index in [1.54, 1.807) is 16.7 Å². The van der Waals surface area contributed by atoms with Crippen molar-refractivity contribution in [3.63, 3.8) is 0 Å². The monoisotopic (exact) mass is 487 g/mol. The van der Waals surface area contributed by atoms with Crippen molar-refractivity contribution >= 4 is 12.7 Å². The average molecular weight is 487 g/mol. The maximum atomic E-state index is 2.76. The normalized spacial score (nSPS) is 33.2. The molecule has 2 spiro atoms. The number of rotatable bonds is 1. The second-order valence-corrected chi connectivity index (χ2v) is 13.6. The second-order valence-electron chi connectivity index (χ2n) is 13.6. The lowest BCUT2D eigenvalue weighted by Gasteiger charge is -2.48. The molecule has 0 heterocycles. The fraction of sp³-hybridized carbons (Fsp3) is 0.351. The van der Waals surface area contributed by atoms with Gasteiger partial charge in [-0.3, -0.25) is 0 Å². The lowest BCUT2D eigenvalue weighted by atomic mass is 9.56. The van der Waals surface area contributed by atoms with Crippen LogP contribution in [0.3, 0.4) is 0 Å². The molecule has 38 heavy (non-hydrogen) atoms. The largest absolute Gasteiger partial charge is 0.148 e. The first-order chi connectivity index (χ1) is 18.6. The van der Waals surface area contributed by atoms with Crippen molar-refractivity contribution in [3.8, 4) is 22.3 Å². The maximum Gasteiger partial charge on any atom is 0.148 e. The van der Waals surface area contributed by atoms with Gasteiger partial charge in [0.15, 0.2) is 0 Å². The molecule has 3 saturated carbocycles. The summed E-state index contributed by atoms with van der Waals surface area (Å²) in [5.74, 6) is 3.57. The van der Waals surface area contributed by atoms with Gasteiger partial charge in [0.05, 0.1) is 5.41 Å². The Bertz CT molecular complexity index is 1740. The summed E-state index contributed by atoms with van der Waals surface area (Å²) in [6, 6.07) is 29.3. The van der Waals surface area contributed by atoms with E-state index in [2.05, 4.69) is 93.8 Å². The minimum Gasteiger partial charge on any atom is -0.0877 e. The highest BCUT2D eigenvalue weighted by atomic mass is 14.7. The van der Waals surface area contributed by atoms with Crippen molar-refractivity contribution in [1.82, 2.24) is 0 Å². The van der Waals surface area contributed by atoms with Crippen LogP contribution in [0.15, 0.2) is 72.8 Å². The summed E-state index contributed by atoms with van der Waals surface area (Å²) in [6.45, 7) is 4.44. The molecule has 1 heteroatoms. The van der Waals surface area contributed by atoms with E-state index in [0.29, 0.717) is 5.41 Å². The molecule has 0 nitrogen and oxygen atoms in total. The quantitative estimate of drug-likeness (QED) is 0.206. The predicted molar refractivity (Wildman–Crippen MR) is 157 cm³/mol. The third kappa shape index (κ3) is 2.12. The van der Waals surface area contributed by atoms with Crippen LogP contribution in [0.4, 0.5) is 0 Å². The molecule has 1 radical (unpaired) electrons. The topological polar surface area (TPSA) is 0 Å². The van der Waals surface area contributed by atoms with Gasteiger partial charge in [-0.25, -0.2) is 0 Å². The summed E-state index contributed by atoms with van der Waals surface area (Å²) < 4.78 is 0. The molecule has 0 N–H and O–H groups in total. The molecule has 183 valence electrons. The summed E-state index contributed by atoms with van der Waals surface area (Å²) in [6.07, 6.45) is 7.34. The van der Waals surface area contributed by atoms with Crippen LogP contribution < -0.4 is 5.46 Å². The smallest absolute Gasteiger partial charge is 0.0877 e. The van der Waals surface area contributed by atoms with Gasteiger partial charge in [0.1, 0.15) is 7.28 Å². The van der Waals surface area contributed by atoms with E-state index in [0.717, 1.165) is 23.7 Å². The van der Waals surface area contributed by atoms with Crippen molar-refractivity contribution in [2.75, 3.05) is 0 Å². The Labute approximate surface area is 226 Å². The lowest BCUT2D eigenvalue weighted by molar-refractivity contribution is 0.00322. The van der Waals surface area contributed by atoms with Gasteiger partial charge in [0, 0.05) is 0 Å². The fourth-order valence-electron chi connectivity index (χ4n) is 10.9. The van der Waals surface area contributed by atoms with E-state index in [1.165, 1.54) is 82.1 Å². The zero-order valence-corrected chi connectivity index (χ0v) is 22.4. The van der Waals surface area contributed by atoms with Crippen LogP contribution in [0.5, 0.6) is 0 Å². The van der Waals surface area contributed by atoms with Crippen molar-refractivity contribution in [2.24, 2.45) is 17.3 Å². The van der Waals surface area contributed by atoms with Gasteiger partial charge in [-0.2, -0.15) is 0 Å². The number of hydrogen-bond acceptors (Lipinski definition) is 0. The molecule has 0 saturated heterocycles. The average Bonchev–Trinajstić information content (AvgIpc) is 3.58. The Hall–Kier alpha value is -3.06. The molecule has 10 rings (SSSR count). The van der Waals surface area contributed by atoms with Gasteiger partial charge in [-0.1, -0.05) is 90.6 Å². The third-order valence-corrected chi connectivity index (χ3v) is 12.4. The molecule has 3 bridgehead atoms. The molecule has 6 aliphatic carbocycles. The first-order valence-electron chi connectivity index (χ1n) is 15.0. The molecule has 3 fully saturated rings. The lowest BCUT2D eigenvalue weighted by Crippen LogP contribution is -2.41. The first kappa shape index (κ1) is 20.9. The Morgan fingerprint density at radius 2 is 1.29 bits per heavy atom. The van der Waals surface area contributed by atoms with E-state index in [4.69, 9.17) is 0 Å². The zero-order valence-electron chi connectivity index (χ0n) is 22.4. The van der Waals surface area contributed by atoms with Gasteiger partial charge in [0.25, 0.3) is 0 Å². The number of aryl methyl sites for hydroxylation is 1. The minimum atomic E-state index is -0.222. The molecular weight excluding hydrogens is 455 g/mol. The highest BCUT2D eigenvalue weighted by molar-refractivity contribution is 6.52. The minimum absolute atomic E-state index is 0.222. The molecular formula is C37H32B. The van der Waals surface area contributed by atoms with Gasteiger partial charge in [-0.05, 0) is 124 Å². The molecule has 0 aromatic heterocycles. The van der Waals surface area contributed by atoms with Crippen LogP contribution in [0.1, 0.15) is 82.9 Å². The molecule has 4 aromatic carbocycles. The van der Waals surface area contributed by atoms with Crippen LogP contribution in [-0.4, -0.2) is 7.28 Å². The number of fused-ring (bicyclic) bond motifs is 15. The molecule has 6 unspecified atom stereocenters. The van der Waals surface area contributed by atoms with E-state index in [1.807, 2.05) is 0 Å². The Morgan fingerprint density at radius 3 is 2.11 bits per heavy atom. The Morgan fingerprint density at radius 1 is 0.632 bits per heavy atom. The van der Waals surface area contributed by atoms with Crippen molar-refractivity contribution in [1.29, 1.82) is 0 Å². The SMILES string of the molecule is C[B]c1ccc2c(c1)C1(c3ccccc3-2)c2cc(C)ccc2-c2cc3c(cc21)C1CC2CC4CC3CC42C1. The number of hydrogen-bond donors (Lipinski definition) is 0. The first-order valence-corrected chi connectivity index (χ1v) is 15.0. The molecule has 0 amide bonds. The summed E-state index contributed by atoms with van der Waals surface area (Å²) in [5, 5.41) is 0. The Kier molecular flexibility index (Phi) is 3.60. The van der Waals surface area contributed by atoms with Gasteiger partial charge in [0.2, 0.25) is 0 Å². The van der Waals surface area contributed by atoms with Crippen molar-refractivity contribution in [2.45, 2.75) is 63.1 Å². The molecule has 0 aliphatic heterocycles. The highest BCUT2D eigenvalue weighted by Crippen LogP contribution is 2.76. The molecule has 4 aromatic rings.